The highest BCUT2D eigenvalue weighted by atomic mass is 16.5. The molecule has 9 aromatic carbocycles. The molecule has 0 N–H and O–H groups in total. The van der Waals surface area contributed by atoms with E-state index >= 15 is 0 Å². The third kappa shape index (κ3) is 43.0. The van der Waals surface area contributed by atoms with Gasteiger partial charge in [-0.25, -0.2) is 0 Å². The average Bonchev–Trinajstić information content (AvgIpc) is 1.62. The summed E-state index contributed by atoms with van der Waals surface area (Å²) >= 11 is 0. The van der Waals surface area contributed by atoms with Crippen LogP contribution in [-0.4, -0.2) is 75.7 Å². The van der Waals surface area contributed by atoms with Crippen molar-refractivity contribution in [3.05, 3.63) is 307 Å². The van der Waals surface area contributed by atoms with Crippen LogP contribution in [0, 0.1) is 5.41 Å². The van der Waals surface area contributed by atoms with E-state index in [0.29, 0.717) is 10.8 Å². The van der Waals surface area contributed by atoms with E-state index in [1.54, 1.807) is 49.8 Å². The smallest absolute Gasteiger partial charge is 0.126 e. The first-order chi connectivity index (χ1) is 58.6. The molecule has 3 aromatic heterocycles. The first-order valence-corrected chi connectivity index (χ1v) is 45.0. The van der Waals surface area contributed by atoms with E-state index in [2.05, 4.69) is 425 Å². The molecule has 0 atom stereocenters. The summed E-state index contributed by atoms with van der Waals surface area (Å²) in [5.41, 5.74) is 12.4. The highest BCUT2D eigenvalue weighted by Gasteiger charge is 2.25. The lowest BCUT2D eigenvalue weighted by molar-refractivity contribution is 0.00530. The fourth-order valence-corrected chi connectivity index (χ4v) is 13.0. The molecule has 11 nitrogen and oxygen atoms in total. The summed E-state index contributed by atoms with van der Waals surface area (Å²) in [6.07, 6.45) is 11.9. The maximum atomic E-state index is 5.33. The Kier molecular flexibility index (Phi) is 45.5. The van der Waals surface area contributed by atoms with Gasteiger partial charge >= 0.3 is 0 Å². The summed E-state index contributed by atoms with van der Waals surface area (Å²) in [7, 11) is 11.8. The summed E-state index contributed by atoms with van der Waals surface area (Å²) in [6, 6.07) is 80.8. The van der Waals surface area contributed by atoms with E-state index in [0.717, 1.165) is 58.8 Å². The molecule has 0 spiro atoms. The summed E-state index contributed by atoms with van der Waals surface area (Å²) < 4.78 is 48.6. The first kappa shape index (κ1) is 113. The molecule has 0 aliphatic heterocycles. The molecule has 0 fully saturated rings. The fourth-order valence-electron chi connectivity index (χ4n) is 13.0. The topological polar surface area (TPSA) is 88.6 Å². The number of benzene rings is 9. The van der Waals surface area contributed by atoms with Gasteiger partial charge < -0.3 is 51.6 Å². The van der Waals surface area contributed by atoms with Crippen molar-refractivity contribution in [2.24, 2.45) is 5.41 Å². The van der Waals surface area contributed by atoms with Crippen LogP contribution < -0.4 is 33.2 Å². The molecule has 0 saturated carbocycles. The van der Waals surface area contributed by atoms with Crippen molar-refractivity contribution < 1.29 is 37.9 Å². The lowest BCUT2D eigenvalue weighted by Gasteiger charge is -2.24. The number of para-hydroxylation sites is 2. The Balaban J connectivity index is 0.000000475. The zero-order chi connectivity index (χ0) is 96.8. The van der Waals surface area contributed by atoms with Gasteiger partial charge in [-0.1, -0.05) is 303 Å². The Morgan fingerprint density at radius 3 is 1.01 bits per heavy atom. The van der Waals surface area contributed by atoms with Crippen molar-refractivity contribution in [1.29, 1.82) is 0 Å². The van der Waals surface area contributed by atoms with Gasteiger partial charge in [0.2, 0.25) is 0 Å². The van der Waals surface area contributed by atoms with E-state index in [-0.39, 0.29) is 49.3 Å². The first-order valence-electron chi connectivity index (χ1n) is 45.0. The van der Waals surface area contributed by atoms with Crippen LogP contribution in [0.3, 0.4) is 0 Å². The molecule has 0 aliphatic carbocycles. The number of hydrogen-bond acceptors (Lipinski definition) is 8. The molecule has 0 aliphatic rings. The molecule has 0 unspecified atom stereocenters. The normalized spacial score (nSPS) is 11.6. The van der Waals surface area contributed by atoms with E-state index in [4.69, 9.17) is 37.9 Å². The van der Waals surface area contributed by atoms with Crippen molar-refractivity contribution in [3.63, 3.8) is 0 Å². The predicted octanol–water partition coefficient (Wildman–Crippen LogP) is 32.1. The van der Waals surface area contributed by atoms with Gasteiger partial charge in [0.1, 0.15) is 40.2 Å². The zero-order valence-electron chi connectivity index (χ0n) is 86.9. The molecule has 3 heterocycles. The van der Waals surface area contributed by atoms with Crippen LogP contribution in [-0.2, 0) is 60.3 Å². The molecule has 12 aromatic rings. The van der Waals surface area contributed by atoms with E-state index in [9.17, 15) is 0 Å². The molecule has 0 bridgehead atoms. The van der Waals surface area contributed by atoms with E-state index in [1.807, 2.05) is 91.9 Å². The highest BCUT2D eigenvalue weighted by molar-refractivity contribution is 5.82. The Hall–Kier alpha value is -10.1. The molecule has 12 rings (SSSR count). The lowest BCUT2D eigenvalue weighted by Crippen LogP contribution is -2.20. The Morgan fingerprint density at radius 1 is 0.260 bits per heavy atom. The Bertz CT molecular complexity index is 4900. The van der Waals surface area contributed by atoms with Crippen LogP contribution in [0.5, 0.6) is 40.2 Å². The second-order valence-electron chi connectivity index (χ2n) is 43.0. The fraction of sp³-hybridized carbons (Fsp3) is 0.466. The van der Waals surface area contributed by atoms with Crippen LogP contribution in [0.15, 0.2) is 268 Å². The number of fused-ring (bicyclic) bond motifs is 2. The number of hydrogen-bond donors (Lipinski definition) is 0. The maximum absolute atomic E-state index is 5.33. The number of ether oxygens (including phenoxy) is 8. The third-order valence-corrected chi connectivity index (χ3v) is 20.0. The molecule has 0 saturated heterocycles. The number of aromatic nitrogens is 3. The van der Waals surface area contributed by atoms with E-state index in [1.165, 1.54) is 55.1 Å². The van der Waals surface area contributed by atoms with Gasteiger partial charge in [-0.3, -0.25) is 0 Å². The molecule has 698 valence electrons. The van der Waals surface area contributed by atoms with Crippen LogP contribution in [0.25, 0.3) is 21.7 Å². The monoisotopic (exact) mass is 1730 g/mol. The van der Waals surface area contributed by atoms with Gasteiger partial charge in [0.05, 0.1) is 55.4 Å². The zero-order valence-corrected chi connectivity index (χ0v) is 86.9. The standard InChI is InChI=1S/2C12H15N.2C12H18O2.3C11H16O.C11H16.C10H14.C8H13N.C6H14O/c1-12(2,3)13-8-10-6-4-5-7-11(10)9-13;1-12(2,3)13-9-8-10-6-4-5-7-11(10)13;1-12(2,3)10-7-6-9(13-4)8-11(10)14-5;1-12(2,3)11-9(13-4)7-6-8-10(11)14-5;1-11(2,3)9-5-7-10(12-4)8-6-9;1-11(2,3)9-6-5-7-10(8-9)12-4;1-11(2,3)9-7-5-6-8-10(9)12-4;1-11(2,3)9-10-7-5-4-6-8-10;1-10(2,3)9-7-5-4-6-8-9;1-8(2,3)9-6-4-5-7-9;1-5-7-6(2,3)4/h2*4-9H,1-3H3;2*6-8H,1-5H3;3*5-8H,1-4H3;4-8H,9H2,1-3H3;4-8H,1-3H3;4-7H,1-3H3;5H2,1-4H3. The molecule has 11 heteroatoms. The van der Waals surface area contributed by atoms with Crippen LogP contribution in [0.4, 0.5) is 0 Å². The van der Waals surface area contributed by atoms with Crippen molar-refractivity contribution >= 4 is 21.7 Å². The average molecular weight is 1740 g/mol. The second kappa shape index (κ2) is 51.2. The summed E-state index contributed by atoms with van der Waals surface area (Å²) in [5, 5.41) is 3.95. The highest BCUT2D eigenvalue weighted by Crippen LogP contribution is 2.39. The van der Waals surface area contributed by atoms with Crippen molar-refractivity contribution in [2.45, 2.75) is 297 Å². The molecular weight excluding hydrogens is 1560 g/mol. The van der Waals surface area contributed by atoms with Crippen molar-refractivity contribution in [3.8, 4) is 40.2 Å². The number of rotatable bonds is 9. The van der Waals surface area contributed by atoms with Gasteiger partial charge in [-0.05, 0) is 257 Å². The molecular formula is C116H171N3O8. The maximum Gasteiger partial charge on any atom is 0.126 e. The summed E-state index contributed by atoms with van der Waals surface area (Å²) in [5.74, 6) is 6.32. The summed E-state index contributed by atoms with van der Waals surface area (Å²) in [6.45, 7) is 75.0. The van der Waals surface area contributed by atoms with Crippen LogP contribution in [0.1, 0.15) is 274 Å². The second-order valence-corrected chi connectivity index (χ2v) is 43.0. The predicted molar refractivity (Wildman–Crippen MR) is 551 cm³/mol. The minimum atomic E-state index is 0.0257. The summed E-state index contributed by atoms with van der Waals surface area (Å²) in [4.78, 5) is 0. The number of nitrogens with zero attached hydrogens (tertiary/aromatic N) is 3. The Morgan fingerprint density at radius 2 is 0.638 bits per heavy atom. The Labute approximate surface area is 773 Å². The lowest BCUT2D eigenvalue weighted by atomic mass is 9.85. The van der Waals surface area contributed by atoms with Crippen LogP contribution in [0.2, 0.25) is 0 Å². The van der Waals surface area contributed by atoms with Crippen molar-refractivity contribution in [2.75, 3.05) is 56.4 Å². The van der Waals surface area contributed by atoms with Gasteiger partial charge in [0.25, 0.3) is 0 Å². The molecule has 127 heavy (non-hydrogen) atoms. The minimum Gasteiger partial charge on any atom is -0.497 e. The van der Waals surface area contributed by atoms with Crippen molar-refractivity contribution in [1.82, 2.24) is 13.7 Å². The van der Waals surface area contributed by atoms with Gasteiger partial charge in [-0.2, -0.15) is 0 Å². The van der Waals surface area contributed by atoms with Gasteiger partial charge in [0.15, 0.2) is 0 Å². The third-order valence-electron chi connectivity index (χ3n) is 20.0. The molecule has 0 amide bonds. The minimum absolute atomic E-state index is 0.0257. The SMILES string of the molecule is CC(C)(C)Cc1ccccc1.CC(C)(C)c1ccccc1.CC(C)(C)n1cc2ccccc2c1.CC(C)(C)n1ccc2ccccc21.CC(C)(C)n1cccc1.CCOC(C)(C)C.COc1ccc(C(C)(C)C)c(OC)c1.COc1ccc(C(C)(C)C)cc1.COc1cccc(C(C)(C)C)c1.COc1cccc(OC)c1C(C)(C)C.COc1ccccc1C(C)(C)C. The largest absolute Gasteiger partial charge is 0.497 e. The quantitative estimate of drug-likeness (QED) is 0.141. The van der Waals surface area contributed by atoms with Gasteiger partial charge in [-0.15, -0.1) is 0 Å². The number of methoxy groups -OCH3 is 7. The van der Waals surface area contributed by atoms with Gasteiger partial charge in [0, 0.05) is 71.4 Å². The van der Waals surface area contributed by atoms with Crippen LogP contribution >= 0.6 is 0 Å². The molecule has 0 radical (unpaired) electrons. The van der Waals surface area contributed by atoms with E-state index < -0.39 is 0 Å².